The molecule has 0 saturated heterocycles. The molecule has 7 heteroatoms. The smallest absolute Gasteiger partial charge is 0.339 e. The number of amides is 1. The number of carbonyl (C=O) groups is 2. The van der Waals surface area contributed by atoms with Crippen molar-refractivity contribution in [1.29, 1.82) is 0 Å². The van der Waals surface area contributed by atoms with Gasteiger partial charge in [0.15, 0.2) is 0 Å². The van der Waals surface area contributed by atoms with E-state index < -0.39 is 11.9 Å². The highest BCUT2D eigenvalue weighted by molar-refractivity contribution is 5.95. The van der Waals surface area contributed by atoms with Crippen LogP contribution in [0.15, 0.2) is 12.3 Å². The summed E-state index contributed by atoms with van der Waals surface area (Å²) in [7, 11) is 1.52. The van der Waals surface area contributed by atoms with E-state index >= 15 is 0 Å². The molecule has 5 N–H and O–H groups in total. The van der Waals surface area contributed by atoms with E-state index in [4.69, 9.17) is 16.6 Å². The summed E-state index contributed by atoms with van der Waals surface area (Å²) in [6.07, 6.45) is 1.32. The summed E-state index contributed by atoms with van der Waals surface area (Å²) in [5.74, 6) is -1.58. The largest absolute Gasteiger partial charge is 0.478 e. The van der Waals surface area contributed by atoms with Gasteiger partial charge in [0.05, 0.1) is 18.4 Å². The van der Waals surface area contributed by atoms with Gasteiger partial charge in [-0.3, -0.25) is 4.79 Å². The van der Waals surface area contributed by atoms with Gasteiger partial charge in [-0.15, -0.1) is 0 Å². The van der Waals surface area contributed by atoms with E-state index in [1.54, 1.807) is 0 Å². The first kappa shape index (κ1) is 11.8. The van der Waals surface area contributed by atoms with E-state index in [0.717, 1.165) is 0 Å². The van der Waals surface area contributed by atoms with Crippen LogP contribution in [0.5, 0.6) is 0 Å². The summed E-state index contributed by atoms with van der Waals surface area (Å²) in [5, 5.41) is 8.93. The predicted octanol–water partition coefficient (Wildman–Crippen LogP) is -0.716. The monoisotopic (exact) mass is 224 g/mol. The Morgan fingerprint density at radius 2 is 2.19 bits per heavy atom. The van der Waals surface area contributed by atoms with Crippen molar-refractivity contribution < 1.29 is 14.7 Å². The van der Waals surface area contributed by atoms with Crippen molar-refractivity contribution in [1.82, 2.24) is 4.98 Å². The number of nitrogens with two attached hydrogens (primary N) is 2. The molecule has 0 aromatic carbocycles. The van der Waals surface area contributed by atoms with Crippen LogP contribution in [0, 0.1) is 0 Å². The van der Waals surface area contributed by atoms with E-state index in [1.165, 1.54) is 24.2 Å². The van der Waals surface area contributed by atoms with Gasteiger partial charge in [0.2, 0.25) is 5.91 Å². The number of likely N-dealkylation sites (N-methyl/N-ethyl adjacent to an activating group) is 1. The van der Waals surface area contributed by atoms with Crippen molar-refractivity contribution >= 4 is 23.4 Å². The lowest BCUT2D eigenvalue weighted by atomic mass is 10.2. The molecule has 16 heavy (non-hydrogen) atoms. The Morgan fingerprint density at radius 3 is 2.69 bits per heavy atom. The van der Waals surface area contributed by atoms with E-state index in [0.29, 0.717) is 0 Å². The van der Waals surface area contributed by atoms with Gasteiger partial charge < -0.3 is 21.5 Å². The number of hydrogen-bond donors (Lipinski definition) is 3. The first-order chi connectivity index (χ1) is 7.41. The number of nitrogen functional groups attached to an aromatic ring is 1. The molecule has 0 fully saturated rings. The Labute approximate surface area is 91.7 Å². The van der Waals surface area contributed by atoms with Crippen molar-refractivity contribution in [3.05, 3.63) is 17.8 Å². The Hall–Kier alpha value is -2.31. The minimum atomic E-state index is -1.16. The fourth-order valence-electron chi connectivity index (χ4n) is 1.24. The molecular weight excluding hydrogens is 212 g/mol. The molecule has 0 atom stereocenters. The highest BCUT2D eigenvalue weighted by atomic mass is 16.4. The van der Waals surface area contributed by atoms with Gasteiger partial charge in [0, 0.05) is 7.05 Å². The van der Waals surface area contributed by atoms with E-state index in [2.05, 4.69) is 4.98 Å². The van der Waals surface area contributed by atoms with Crippen LogP contribution in [0.2, 0.25) is 0 Å². The molecule has 1 aromatic rings. The Kier molecular flexibility index (Phi) is 3.29. The van der Waals surface area contributed by atoms with Gasteiger partial charge in [-0.05, 0) is 6.07 Å². The number of rotatable bonds is 4. The third-order valence-corrected chi connectivity index (χ3v) is 1.87. The SMILES string of the molecule is CN(CC(N)=O)c1ncc(N)cc1C(=O)O. The number of carbonyl (C=O) groups excluding carboxylic acids is 1. The van der Waals surface area contributed by atoms with Gasteiger partial charge in [-0.25, -0.2) is 9.78 Å². The molecule has 0 radical (unpaired) electrons. The van der Waals surface area contributed by atoms with Crippen LogP contribution in [0.4, 0.5) is 11.5 Å². The second-order valence-electron chi connectivity index (χ2n) is 3.27. The molecule has 1 heterocycles. The summed E-state index contributed by atoms with van der Waals surface area (Å²) in [6.45, 7) is -0.114. The minimum absolute atomic E-state index is 0.0660. The van der Waals surface area contributed by atoms with Crippen LogP contribution >= 0.6 is 0 Å². The highest BCUT2D eigenvalue weighted by Crippen LogP contribution is 2.18. The fourth-order valence-corrected chi connectivity index (χ4v) is 1.24. The quantitative estimate of drug-likeness (QED) is 0.620. The van der Waals surface area contributed by atoms with Crippen LogP contribution < -0.4 is 16.4 Å². The molecule has 86 valence electrons. The van der Waals surface area contributed by atoms with Crippen LogP contribution in [0.1, 0.15) is 10.4 Å². The van der Waals surface area contributed by atoms with E-state index in [9.17, 15) is 9.59 Å². The molecule has 1 amide bonds. The van der Waals surface area contributed by atoms with Crippen LogP contribution in [-0.2, 0) is 4.79 Å². The molecule has 0 saturated carbocycles. The van der Waals surface area contributed by atoms with Crippen molar-refractivity contribution in [2.24, 2.45) is 5.73 Å². The second-order valence-corrected chi connectivity index (χ2v) is 3.27. The molecular formula is C9H12N4O3. The number of pyridine rings is 1. The molecule has 0 spiro atoms. The van der Waals surface area contributed by atoms with Crippen molar-refractivity contribution in [2.75, 3.05) is 24.2 Å². The third kappa shape index (κ3) is 2.59. The first-order valence-corrected chi connectivity index (χ1v) is 4.40. The first-order valence-electron chi connectivity index (χ1n) is 4.40. The fraction of sp³-hybridized carbons (Fsp3) is 0.222. The molecule has 0 aliphatic rings. The zero-order chi connectivity index (χ0) is 12.3. The summed E-state index contributed by atoms with van der Waals surface area (Å²) in [6, 6.07) is 1.28. The summed E-state index contributed by atoms with van der Waals surface area (Å²) >= 11 is 0. The highest BCUT2D eigenvalue weighted by Gasteiger charge is 2.16. The van der Waals surface area contributed by atoms with Crippen molar-refractivity contribution in [3.8, 4) is 0 Å². The number of anilines is 2. The van der Waals surface area contributed by atoms with Gasteiger partial charge in [-0.2, -0.15) is 0 Å². The lowest BCUT2D eigenvalue weighted by Crippen LogP contribution is -2.32. The Morgan fingerprint density at radius 1 is 1.56 bits per heavy atom. The number of carboxylic acid groups (broad SMARTS) is 1. The molecule has 1 aromatic heterocycles. The lowest BCUT2D eigenvalue weighted by Gasteiger charge is -2.18. The van der Waals surface area contributed by atoms with Crippen molar-refractivity contribution in [3.63, 3.8) is 0 Å². The Balaban J connectivity index is 3.12. The van der Waals surface area contributed by atoms with Gasteiger partial charge in [0.1, 0.15) is 11.4 Å². The summed E-state index contributed by atoms with van der Waals surface area (Å²) in [5.41, 5.74) is 10.6. The Bertz CT molecular complexity index is 433. The summed E-state index contributed by atoms with van der Waals surface area (Å²) < 4.78 is 0. The molecule has 0 aliphatic heterocycles. The van der Waals surface area contributed by atoms with Crippen molar-refractivity contribution in [2.45, 2.75) is 0 Å². The van der Waals surface area contributed by atoms with Gasteiger partial charge in [-0.1, -0.05) is 0 Å². The minimum Gasteiger partial charge on any atom is -0.478 e. The maximum atomic E-state index is 10.9. The standard InChI is InChI=1S/C9H12N4O3/c1-13(4-7(11)14)8-6(9(15)16)2-5(10)3-12-8/h2-3H,4,10H2,1H3,(H2,11,14)(H,15,16). The van der Waals surface area contributed by atoms with E-state index in [-0.39, 0.29) is 23.6 Å². The molecule has 7 nitrogen and oxygen atoms in total. The normalized spacial score (nSPS) is 9.81. The maximum absolute atomic E-state index is 10.9. The van der Waals surface area contributed by atoms with Gasteiger partial charge >= 0.3 is 5.97 Å². The number of nitrogens with zero attached hydrogens (tertiary/aromatic N) is 2. The predicted molar refractivity (Wildman–Crippen MR) is 58.1 cm³/mol. The lowest BCUT2D eigenvalue weighted by molar-refractivity contribution is -0.116. The van der Waals surface area contributed by atoms with Crippen LogP contribution in [0.3, 0.4) is 0 Å². The summed E-state index contributed by atoms with van der Waals surface area (Å²) in [4.78, 5) is 26.9. The second kappa shape index (κ2) is 4.47. The number of carboxylic acids is 1. The molecule has 1 rings (SSSR count). The number of aromatic nitrogens is 1. The maximum Gasteiger partial charge on any atom is 0.339 e. The average molecular weight is 224 g/mol. The topological polar surface area (TPSA) is 123 Å². The number of primary amides is 1. The van der Waals surface area contributed by atoms with Crippen LogP contribution in [-0.4, -0.2) is 35.6 Å². The molecule has 0 bridgehead atoms. The molecule has 0 unspecified atom stereocenters. The number of aromatic carboxylic acids is 1. The van der Waals surface area contributed by atoms with Gasteiger partial charge in [0.25, 0.3) is 0 Å². The zero-order valence-corrected chi connectivity index (χ0v) is 8.67. The number of hydrogen-bond acceptors (Lipinski definition) is 5. The average Bonchev–Trinajstić information content (AvgIpc) is 2.16. The third-order valence-electron chi connectivity index (χ3n) is 1.87. The van der Waals surface area contributed by atoms with E-state index in [1.807, 2.05) is 0 Å². The zero-order valence-electron chi connectivity index (χ0n) is 8.67. The van der Waals surface area contributed by atoms with Crippen LogP contribution in [0.25, 0.3) is 0 Å². The molecule has 0 aliphatic carbocycles.